The van der Waals surface area contributed by atoms with Crippen LogP contribution in [0.25, 0.3) is 0 Å². The van der Waals surface area contributed by atoms with Crippen LogP contribution < -0.4 is 15.4 Å². The number of nitrogens with zero attached hydrogens (tertiary/aromatic N) is 3. The number of nitrogens with one attached hydrogen (secondary N) is 2. The summed E-state index contributed by atoms with van der Waals surface area (Å²) in [7, 11) is 1.56. The summed E-state index contributed by atoms with van der Waals surface area (Å²) in [5.74, 6) is 1.73. The Labute approximate surface area is 115 Å². The van der Waals surface area contributed by atoms with E-state index in [2.05, 4.69) is 53.3 Å². The Morgan fingerprint density at radius 2 is 1.79 bits per heavy atom. The number of ether oxygens (including phenoxy) is 1. The molecule has 1 unspecified atom stereocenters. The lowest BCUT2D eigenvalue weighted by molar-refractivity contribution is 0.379. The minimum absolute atomic E-state index is 0.311. The second-order valence-electron chi connectivity index (χ2n) is 5.07. The van der Waals surface area contributed by atoms with Gasteiger partial charge >= 0.3 is 6.01 Å². The topological polar surface area (TPSA) is 72.0 Å². The average Bonchev–Trinajstić information content (AvgIpc) is 2.34. The van der Waals surface area contributed by atoms with Crippen molar-refractivity contribution in [2.24, 2.45) is 5.92 Å². The number of hydrogen-bond acceptors (Lipinski definition) is 6. The van der Waals surface area contributed by atoms with Gasteiger partial charge in [-0.2, -0.15) is 15.0 Å². The van der Waals surface area contributed by atoms with Gasteiger partial charge in [-0.3, -0.25) is 0 Å². The van der Waals surface area contributed by atoms with Gasteiger partial charge in [-0.25, -0.2) is 0 Å². The molecule has 0 amide bonds. The number of hydrogen-bond donors (Lipinski definition) is 2. The van der Waals surface area contributed by atoms with Crippen molar-refractivity contribution in [3.05, 3.63) is 0 Å². The first-order chi connectivity index (χ1) is 9.05. The van der Waals surface area contributed by atoms with Crippen molar-refractivity contribution in [2.45, 2.75) is 46.6 Å². The molecule has 0 saturated heterocycles. The Hall–Kier alpha value is -1.59. The number of anilines is 2. The van der Waals surface area contributed by atoms with Crippen LogP contribution in [0.5, 0.6) is 6.01 Å². The molecule has 1 heterocycles. The largest absolute Gasteiger partial charge is 0.467 e. The van der Waals surface area contributed by atoms with Crippen LogP contribution in [0.3, 0.4) is 0 Å². The molecule has 0 aliphatic heterocycles. The van der Waals surface area contributed by atoms with Crippen molar-refractivity contribution in [3.8, 4) is 6.01 Å². The predicted octanol–water partition coefficient (Wildman–Crippen LogP) is 2.55. The lowest BCUT2D eigenvalue weighted by Crippen LogP contribution is -2.20. The summed E-state index contributed by atoms with van der Waals surface area (Å²) in [6.45, 7) is 9.43. The van der Waals surface area contributed by atoms with Gasteiger partial charge in [0.25, 0.3) is 0 Å². The normalized spacial score (nSPS) is 12.3. The van der Waals surface area contributed by atoms with Crippen molar-refractivity contribution in [2.75, 3.05) is 24.3 Å². The number of methoxy groups -OCH3 is 1. The summed E-state index contributed by atoms with van der Waals surface area (Å²) >= 11 is 0. The van der Waals surface area contributed by atoms with Crippen molar-refractivity contribution in [1.29, 1.82) is 0 Å². The summed E-state index contributed by atoms with van der Waals surface area (Å²) in [5, 5.41) is 6.42. The molecule has 0 fully saturated rings. The zero-order chi connectivity index (χ0) is 14.3. The molecule has 0 aliphatic carbocycles. The maximum Gasteiger partial charge on any atom is 0.322 e. The Balaban J connectivity index is 2.75. The minimum atomic E-state index is 0.311. The molecule has 1 aromatic rings. The average molecular weight is 267 g/mol. The van der Waals surface area contributed by atoms with Gasteiger partial charge < -0.3 is 15.4 Å². The van der Waals surface area contributed by atoms with E-state index in [1.54, 1.807) is 7.11 Å². The SMILES string of the molecule is CCCNc1nc(NC(C)CC(C)C)nc(OC)n1. The Kier molecular flexibility index (Phi) is 6.32. The third-order valence-electron chi connectivity index (χ3n) is 2.53. The Morgan fingerprint density at radius 1 is 1.11 bits per heavy atom. The highest BCUT2D eigenvalue weighted by Crippen LogP contribution is 2.14. The first-order valence-electron chi connectivity index (χ1n) is 6.85. The maximum atomic E-state index is 5.10. The fourth-order valence-electron chi connectivity index (χ4n) is 1.81. The molecular weight excluding hydrogens is 242 g/mol. The monoisotopic (exact) mass is 267 g/mol. The van der Waals surface area contributed by atoms with Gasteiger partial charge in [0.2, 0.25) is 11.9 Å². The van der Waals surface area contributed by atoms with Crippen LogP contribution >= 0.6 is 0 Å². The van der Waals surface area contributed by atoms with Gasteiger partial charge in [-0.05, 0) is 25.7 Å². The van der Waals surface area contributed by atoms with Gasteiger partial charge in [-0.1, -0.05) is 20.8 Å². The summed E-state index contributed by atoms with van der Waals surface area (Å²) in [5.41, 5.74) is 0. The summed E-state index contributed by atoms with van der Waals surface area (Å²) < 4.78 is 5.10. The Bertz CT molecular complexity index is 383. The molecule has 0 aliphatic rings. The van der Waals surface area contributed by atoms with Gasteiger partial charge in [0.1, 0.15) is 0 Å². The standard InChI is InChI=1S/C13H25N5O/c1-6-7-14-11-16-12(18-13(17-11)19-5)15-10(4)8-9(2)3/h9-10H,6-8H2,1-5H3,(H2,14,15,16,17,18). The first-order valence-corrected chi connectivity index (χ1v) is 6.85. The lowest BCUT2D eigenvalue weighted by atomic mass is 10.1. The molecule has 1 aromatic heterocycles. The van der Waals surface area contributed by atoms with Crippen LogP contribution in [0.1, 0.15) is 40.5 Å². The van der Waals surface area contributed by atoms with E-state index in [1.807, 2.05) is 0 Å². The summed E-state index contributed by atoms with van der Waals surface area (Å²) in [6, 6.07) is 0.638. The van der Waals surface area contributed by atoms with E-state index < -0.39 is 0 Å². The van der Waals surface area contributed by atoms with Gasteiger partial charge in [0.05, 0.1) is 7.11 Å². The van der Waals surface area contributed by atoms with Gasteiger partial charge in [0, 0.05) is 12.6 Å². The number of aromatic nitrogens is 3. The molecule has 1 rings (SSSR count). The van der Waals surface area contributed by atoms with Crippen LogP contribution in [0, 0.1) is 5.92 Å². The first kappa shape index (κ1) is 15.5. The molecule has 0 radical (unpaired) electrons. The van der Waals surface area contributed by atoms with Crippen molar-refractivity contribution < 1.29 is 4.74 Å². The molecule has 2 N–H and O–H groups in total. The summed E-state index contributed by atoms with van der Waals surface area (Å²) in [4.78, 5) is 12.7. The maximum absolute atomic E-state index is 5.10. The second-order valence-corrected chi connectivity index (χ2v) is 5.07. The van der Waals surface area contributed by atoms with Crippen LogP contribution in [0.4, 0.5) is 11.9 Å². The van der Waals surface area contributed by atoms with Crippen molar-refractivity contribution in [3.63, 3.8) is 0 Å². The van der Waals surface area contributed by atoms with Crippen LogP contribution in [0.15, 0.2) is 0 Å². The highest BCUT2D eigenvalue weighted by atomic mass is 16.5. The van der Waals surface area contributed by atoms with Crippen LogP contribution in [-0.2, 0) is 0 Å². The molecule has 0 aromatic carbocycles. The molecule has 6 nitrogen and oxygen atoms in total. The highest BCUT2D eigenvalue weighted by Gasteiger charge is 2.10. The molecule has 6 heteroatoms. The third kappa shape index (κ3) is 5.72. The molecule has 0 spiro atoms. The van der Waals surface area contributed by atoms with E-state index in [1.165, 1.54) is 0 Å². The van der Waals surface area contributed by atoms with Gasteiger partial charge in [0.15, 0.2) is 0 Å². The van der Waals surface area contributed by atoms with Crippen molar-refractivity contribution in [1.82, 2.24) is 15.0 Å². The third-order valence-corrected chi connectivity index (χ3v) is 2.53. The quantitative estimate of drug-likeness (QED) is 0.754. The Morgan fingerprint density at radius 3 is 2.37 bits per heavy atom. The van der Waals surface area contributed by atoms with E-state index in [0.717, 1.165) is 19.4 Å². The molecule has 0 saturated carbocycles. The van der Waals surface area contributed by atoms with E-state index in [-0.39, 0.29) is 0 Å². The predicted molar refractivity (Wildman–Crippen MR) is 77.7 cm³/mol. The fourth-order valence-corrected chi connectivity index (χ4v) is 1.81. The zero-order valence-corrected chi connectivity index (χ0v) is 12.5. The summed E-state index contributed by atoms with van der Waals surface area (Å²) in [6.07, 6.45) is 2.08. The molecule has 19 heavy (non-hydrogen) atoms. The van der Waals surface area contributed by atoms with Gasteiger partial charge in [-0.15, -0.1) is 0 Å². The minimum Gasteiger partial charge on any atom is -0.467 e. The molecular formula is C13H25N5O. The van der Waals surface area contributed by atoms with E-state index in [4.69, 9.17) is 4.74 Å². The zero-order valence-electron chi connectivity index (χ0n) is 12.5. The molecule has 0 bridgehead atoms. The molecule has 1 atom stereocenters. The van der Waals surface area contributed by atoms with Crippen LogP contribution in [-0.4, -0.2) is 34.6 Å². The second kappa shape index (κ2) is 7.76. The van der Waals surface area contributed by atoms with Crippen molar-refractivity contribution >= 4 is 11.9 Å². The lowest BCUT2D eigenvalue weighted by Gasteiger charge is -2.16. The molecule has 108 valence electrons. The number of rotatable bonds is 8. The van der Waals surface area contributed by atoms with E-state index in [9.17, 15) is 0 Å². The van der Waals surface area contributed by atoms with E-state index >= 15 is 0 Å². The van der Waals surface area contributed by atoms with E-state index in [0.29, 0.717) is 29.9 Å². The fraction of sp³-hybridized carbons (Fsp3) is 0.769. The highest BCUT2D eigenvalue weighted by molar-refractivity contribution is 5.36. The smallest absolute Gasteiger partial charge is 0.322 e. The van der Waals surface area contributed by atoms with Crippen LogP contribution in [0.2, 0.25) is 0 Å².